The second-order valence-electron chi connectivity index (χ2n) is 16.7. The molecule has 7 aromatic rings. The molecule has 2 atom stereocenters. The van der Waals surface area contributed by atoms with Crippen LogP contribution in [0.1, 0.15) is 34.9 Å². The molecule has 2 N–H and O–H groups in total. The summed E-state index contributed by atoms with van der Waals surface area (Å²) in [5.41, 5.74) is 9.36. The summed E-state index contributed by atoms with van der Waals surface area (Å²) in [5.74, 6) is 4.23. The van der Waals surface area contributed by atoms with E-state index in [2.05, 4.69) is 101 Å². The number of carbonyl (C=O) groups excluding carboxylic acids is 2. The molecule has 2 aliphatic rings. The molecule has 35 heteroatoms. The first-order valence-corrected chi connectivity index (χ1v) is 25.0. The van der Waals surface area contributed by atoms with Gasteiger partial charge in [0.05, 0.1) is 42.0 Å². The molecule has 0 saturated carbocycles. The summed E-state index contributed by atoms with van der Waals surface area (Å²) in [6.07, 6.45) is -14.3. The number of nitriles is 1. The molecule has 4 heterocycles. The highest BCUT2D eigenvalue weighted by Crippen LogP contribution is 2.31. The average molecular weight is 1260 g/mol. The van der Waals surface area contributed by atoms with Gasteiger partial charge in [0, 0.05) is 38.6 Å². The van der Waals surface area contributed by atoms with Crippen molar-refractivity contribution in [2.24, 2.45) is 20.4 Å². The number of aryl methyl sites for hydroxylation is 2. The van der Waals surface area contributed by atoms with Crippen LogP contribution in [0.3, 0.4) is 0 Å². The van der Waals surface area contributed by atoms with Crippen molar-refractivity contribution >= 4 is 86.4 Å². The number of nitrogens with zero attached hydrogens (tertiary/aromatic N) is 16. The van der Waals surface area contributed by atoms with Crippen LogP contribution in [0.15, 0.2) is 155 Å². The number of hydrogen-bond acceptors (Lipinski definition) is 18. The Morgan fingerprint density at radius 3 is 1.56 bits per heavy atom. The number of tetrazole rings is 2. The number of hydrogen-bond donors (Lipinski definition) is 2. The van der Waals surface area contributed by atoms with E-state index in [1.807, 2.05) is 37.3 Å². The first-order chi connectivity index (χ1) is 40.7. The maximum atomic E-state index is 13.4. The number of halogens is 12. The summed E-state index contributed by atoms with van der Waals surface area (Å²) >= 11 is 17.1. The molecule has 86 heavy (non-hydrogen) atoms. The van der Waals surface area contributed by atoms with Crippen molar-refractivity contribution in [1.82, 2.24) is 50.8 Å². The van der Waals surface area contributed by atoms with Gasteiger partial charge >= 0.3 is 30.5 Å². The molecule has 3 amide bonds. The third kappa shape index (κ3) is 19.8. The lowest BCUT2D eigenvalue weighted by atomic mass is 10.0. The molecule has 0 radical (unpaired) electrons. The maximum absolute atomic E-state index is 13.4. The zero-order chi connectivity index (χ0) is 62.8. The summed E-state index contributed by atoms with van der Waals surface area (Å²) < 4.78 is 120. The highest BCUT2D eigenvalue weighted by molar-refractivity contribution is 6.66. The average Bonchev–Trinajstić information content (AvgIpc) is 1.80. The van der Waals surface area contributed by atoms with Crippen LogP contribution in [0.25, 0.3) is 0 Å². The van der Waals surface area contributed by atoms with Crippen LogP contribution < -0.4 is 35.0 Å². The zero-order valence-corrected chi connectivity index (χ0v) is 46.2. The van der Waals surface area contributed by atoms with E-state index in [-0.39, 0.29) is 36.3 Å². The highest BCUT2D eigenvalue weighted by Gasteiger charge is 2.37. The molecule has 23 nitrogen and oxygen atoms in total. The van der Waals surface area contributed by atoms with Crippen LogP contribution in [0.4, 0.5) is 66.2 Å². The Morgan fingerprint density at radius 1 is 0.686 bits per heavy atom. The smallest absolute Gasteiger partial charge is 0.406 e. The number of benzene rings is 5. The fourth-order valence-corrected chi connectivity index (χ4v) is 7.57. The van der Waals surface area contributed by atoms with Gasteiger partial charge in [0.1, 0.15) is 35.9 Å². The quantitative estimate of drug-likeness (QED) is 0.0272. The van der Waals surface area contributed by atoms with Gasteiger partial charge in [0.25, 0.3) is 0 Å². The SMILES string of the molecule is C=C=NN(C(=O)Cl)c1ccc(OC(F)(F)F)cc1.C=C=NNc1ccc(OC(F)(F)F)cc1.Cc1nnn(C2CN(C(=O)N(CC#N)c3ccc(OC(F)(F)F)cc3)N=C2c2ccc(Cl)cc2)n1.Cc1nnn(C2CNN=C2c2ccc(Cl)cc2)n1. The van der Waals surface area contributed by atoms with Crippen LogP contribution in [-0.2, 0) is 0 Å². The minimum absolute atomic E-state index is 0.0315. The minimum atomic E-state index is -4.85. The summed E-state index contributed by atoms with van der Waals surface area (Å²) in [7, 11) is 0. The molecule has 2 aromatic heterocycles. The molecule has 0 fully saturated rings. The molecule has 0 bridgehead atoms. The number of hydrazone groups is 4. The van der Waals surface area contributed by atoms with Gasteiger partial charge in [-0.3, -0.25) is 15.1 Å². The van der Waals surface area contributed by atoms with Crippen molar-refractivity contribution in [3.05, 3.63) is 167 Å². The van der Waals surface area contributed by atoms with E-state index in [0.717, 1.165) is 45.4 Å². The number of ether oxygens (including phenoxy) is 3. The van der Waals surface area contributed by atoms with Gasteiger partial charge in [-0.15, -0.1) is 70.1 Å². The van der Waals surface area contributed by atoms with E-state index >= 15 is 0 Å². The Labute approximate surface area is 495 Å². The van der Waals surface area contributed by atoms with Crippen molar-refractivity contribution in [1.29, 1.82) is 5.26 Å². The Bertz CT molecular complexity index is 3630. The highest BCUT2D eigenvalue weighted by atomic mass is 35.5. The topological polar surface area (TPSA) is 256 Å². The number of nitrogens with one attached hydrogen (secondary N) is 2. The van der Waals surface area contributed by atoms with Crippen LogP contribution in [-0.4, -0.2) is 119 Å². The molecule has 0 aliphatic carbocycles. The van der Waals surface area contributed by atoms with Crippen LogP contribution in [0.5, 0.6) is 17.2 Å². The van der Waals surface area contributed by atoms with Crippen LogP contribution in [0.2, 0.25) is 10.0 Å². The minimum Gasteiger partial charge on any atom is -0.406 e. The summed E-state index contributed by atoms with van der Waals surface area (Å²) in [6, 6.07) is 29.1. The molecule has 0 spiro atoms. The summed E-state index contributed by atoms with van der Waals surface area (Å²) in [5, 5.41) is 51.3. The Kier molecular flexibility index (Phi) is 22.3. The van der Waals surface area contributed by atoms with Crippen molar-refractivity contribution in [2.75, 3.05) is 35.0 Å². The number of amides is 3. The molecule has 5 aromatic carbocycles. The fraction of sp³-hybridized carbons (Fsp3) is 0.196. The number of carbonyl (C=O) groups is 2. The van der Waals surface area contributed by atoms with Gasteiger partial charge in [0.15, 0.2) is 11.6 Å². The molecule has 9 rings (SSSR count). The third-order valence-corrected chi connectivity index (χ3v) is 11.3. The van der Waals surface area contributed by atoms with Crippen molar-refractivity contribution in [2.45, 2.75) is 45.0 Å². The van der Waals surface area contributed by atoms with Crippen molar-refractivity contribution in [3.8, 4) is 23.3 Å². The van der Waals surface area contributed by atoms with E-state index in [9.17, 15) is 54.4 Å². The normalized spacial score (nSPS) is 14.2. The van der Waals surface area contributed by atoms with E-state index in [1.54, 1.807) is 36.0 Å². The molecule has 2 aliphatic heterocycles. The molecule has 448 valence electrons. The number of rotatable bonds is 13. The number of alkyl halides is 9. The van der Waals surface area contributed by atoms with E-state index < -0.39 is 48.0 Å². The zero-order valence-electron chi connectivity index (χ0n) is 44.0. The molecule has 2 unspecified atom stereocenters. The lowest BCUT2D eigenvalue weighted by Gasteiger charge is -2.24. The van der Waals surface area contributed by atoms with Crippen LogP contribution >= 0.6 is 34.8 Å². The van der Waals surface area contributed by atoms with Gasteiger partial charge < -0.3 is 19.6 Å². The van der Waals surface area contributed by atoms with Gasteiger partial charge in [-0.25, -0.2) is 9.80 Å². The van der Waals surface area contributed by atoms with Gasteiger partial charge in [-0.05, 0) is 146 Å². The molecular formula is C51H40Cl3F9N18O5. The maximum Gasteiger partial charge on any atom is 0.573 e. The van der Waals surface area contributed by atoms with E-state index in [4.69, 9.17) is 34.8 Å². The number of anilines is 3. The second-order valence-corrected chi connectivity index (χ2v) is 17.9. The second kappa shape index (κ2) is 29.5. The van der Waals surface area contributed by atoms with Gasteiger partial charge in [0.2, 0.25) is 0 Å². The Morgan fingerprint density at radius 2 is 1.14 bits per heavy atom. The Balaban J connectivity index is 0.000000197. The first kappa shape index (κ1) is 65.1. The predicted molar refractivity (Wildman–Crippen MR) is 295 cm³/mol. The Hall–Kier alpha value is -10.1. The summed E-state index contributed by atoms with van der Waals surface area (Å²) in [6.45, 7) is 10.2. The lowest BCUT2D eigenvalue weighted by Crippen LogP contribution is -2.41. The standard InChI is InChI=1S/C21H16ClF3N8O2.C11H11ClN6.C10H6ClF3N2O2.C9H7F3N2O/c1-13-27-30-33(28-13)18-12-32(29-19(18)14-2-4-15(22)5-3-14)20(34)31(11-10-26)16-6-8-17(9-7-16)35-21(23,24)25;1-7-14-17-18(16-7)10-6-13-15-11(10)8-2-4-9(12)5-3-8;1-2-15-16(9(11)17)7-3-5-8(6-4-7)18-10(12,13)14;1-2-13-14-7-3-5-8(6-4-7)15-9(10,11)12/h2-9,18H,11-12H2,1H3;2-5,10,13H,6H2,1H3;3-6H,1H2;3-6,14H,1H2. The largest absolute Gasteiger partial charge is 0.573 e. The summed E-state index contributed by atoms with van der Waals surface area (Å²) in [4.78, 5) is 28.3. The first-order valence-electron chi connectivity index (χ1n) is 23.9. The van der Waals surface area contributed by atoms with Crippen LogP contribution in [0, 0.1) is 25.2 Å². The lowest BCUT2D eigenvalue weighted by molar-refractivity contribution is -0.275. The number of aromatic nitrogens is 8. The number of urea groups is 1. The van der Waals surface area contributed by atoms with Crippen molar-refractivity contribution in [3.63, 3.8) is 0 Å². The van der Waals surface area contributed by atoms with Crippen molar-refractivity contribution < 1.29 is 63.3 Å². The molecular weight excluding hydrogens is 1220 g/mol. The van der Waals surface area contributed by atoms with Gasteiger partial charge in [-0.2, -0.15) is 30.1 Å². The molecule has 0 saturated heterocycles. The fourth-order valence-electron chi connectivity index (χ4n) is 7.18. The predicted octanol–water partition coefficient (Wildman–Crippen LogP) is 11.4. The third-order valence-electron chi connectivity index (χ3n) is 10.7. The van der Waals surface area contributed by atoms with E-state index in [0.29, 0.717) is 50.2 Å². The monoisotopic (exact) mass is 1260 g/mol. The van der Waals surface area contributed by atoms with E-state index in [1.165, 1.54) is 53.3 Å². The van der Waals surface area contributed by atoms with Gasteiger partial charge in [-0.1, -0.05) is 47.5 Å².